The van der Waals surface area contributed by atoms with E-state index >= 15 is 0 Å². The van der Waals surface area contributed by atoms with Crippen LogP contribution >= 0.6 is 11.3 Å². The van der Waals surface area contributed by atoms with E-state index in [1.54, 1.807) is 13.2 Å². The van der Waals surface area contributed by atoms with Crippen molar-refractivity contribution in [1.82, 2.24) is 15.3 Å². The first kappa shape index (κ1) is 25.9. The maximum atomic E-state index is 15.0. The smallest absolute Gasteiger partial charge is 0.243 e. The van der Waals surface area contributed by atoms with E-state index in [0.29, 0.717) is 17.2 Å². The fourth-order valence-electron chi connectivity index (χ4n) is 4.46. The van der Waals surface area contributed by atoms with Crippen LogP contribution in [0.5, 0.6) is 11.6 Å². The molecule has 4 aromatic rings. The third-order valence-corrected chi connectivity index (χ3v) is 7.63. The number of nitrogens with zero attached hydrogens (tertiary/aromatic N) is 3. The fraction of sp³-hybridized carbons (Fsp3) is 0.345. The number of halogens is 1. The number of hydrogen-bond donors (Lipinski definition) is 1. The van der Waals surface area contributed by atoms with Crippen LogP contribution in [0.15, 0.2) is 60.7 Å². The number of alkyl halides is 1. The molecule has 0 radical (unpaired) electrons. The largest absolute Gasteiger partial charge is 0.497 e. The average Bonchev–Trinajstić information content (AvgIpc) is 3.58. The third-order valence-electron chi connectivity index (χ3n) is 6.59. The quantitative estimate of drug-likeness (QED) is 0.294. The number of ether oxygens (including phenoxy) is 2. The van der Waals surface area contributed by atoms with Gasteiger partial charge in [-0.15, -0.1) is 0 Å². The van der Waals surface area contributed by atoms with Crippen LogP contribution in [0.2, 0.25) is 0 Å². The number of nitrogens with one attached hydrogen (secondary N) is 1. The van der Waals surface area contributed by atoms with Crippen LogP contribution < -0.4 is 19.7 Å². The van der Waals surface area contributed by atoms with Gasteiger partial charge in [-0.3, -0.25) is 4.79 Å². The Morgan fingerprint density at radius 3 is 2.61 bits per heavy atom. The molecule has 0 saturated carbocycles. The Labute approximate surface area is 225 Å². The molecule has 1 fully saturated rings. The lowest BCUT2D eigenvalue weighted by Gasteiger charge is -2.23. The van der Waals surface area contributed by atoms with Crippen LogP contribution in [0.4, 0.5) is 9.52 Å². The average molecular weight is 535 g/mol. The Hall–Kier alpha value is -3.72. The monoisotopic (exact) mass is 534 g/mol. The second-order valence-electron chi connectivity index (χ2n) is 9.82. The number of carbonyl (C=O) groups excluding carboxylic acids is 1. The fourth-order valence-corrected chi connectivity index (χ4v) is 5.53. The van der Waals surface area contributed by atoms with Crippen molar-refractivity contribution in [3.63, 3.8) is 0 Å². The summed E-state index contributed by atoms with van der Waals surface area (Å²) in [7, 11) is 1.62. The predicted octanol–water partition coefficient (Wildman–Crippen LogP) is 5.77. The molecule has 3 heterocycles. The molecule has 0 spiro atoms. The van der Waals surface area contributed by atoms with Crippen molar-refractivity contribution in [3.8, 4) is 11.6 Å². The van der Waals surface area contributed by atoms with Crippen molar-refractivity contribution >= 4 is 32.6 Å². The predicted molar refractivity (Wildman–Crippen MR) is 148 cm³/mol. The Morgan fingerprint density at radius 2 is 1.89 bits per heavy atom. The molecule has 2 aromatic heterocycles. The van der Waals surface area contributed by atoms with E-state index in [9.17, 15) is 9.18 Å². The van der Waals surface area contributed by atoms with Crippen molar-refractivity contribution in [2.45, 2.75) is 51.6 Å². The van der Waals surface area contributed by atoms with Crippen molar-refractivity contribution in [1.29, 1.82) is 0 Å². The Kier molecular flexibility index (Phi) is 7.46. The number of benzene rings is 2. The second-order valence-corrected chi connectivity index (χ2v) is 10.8. The minimum absolute atomic E-state index is 0.0229. The molecule has 9 heteroatoms. The number of rotatable bonds is 9. The molecule has 2 aromatic carbocycles. The topological polar surface area (TPSA) is 76.6 Å². The lowest BCUT2D eigenvalue weighted by molar-refractivity contribution is -0.122. The maximum Gasteiger partial charge on any atom is 0.243 e. The standard InChI is InChI=1S/C29H31FN4O3S/c1-29(2,30)24-16-23-25(27(32-24)37-18-20-11-13-21(36-3)14-12-20)33-28(38-23)34-15-7-10-22(34)26(35)31-17-19-8-5-4-6-9-19/h4-6,8-9,11-14,16,22H,7,10,15,17-18H2,1-3H3,(H,31,35)/t22-/m1/s1. The second kappa shape index (κ2) is 10.9. The maximum absolute atomic E-state index is 15.0. The SMILES string of the molecule is COc1ccc(COc2nc(C(C)(C)F)cc3sc(N4CCC[C@@H]4C(=O)NCc4ccccc4)nc23)cc1. The number of amides is 1. The molecule has 7 nitrogen and oxygen atoms in total. The summed E-state index contributed by atoms with van der Waals surface area (Å²) in [5, 5.41) is 3.77. The van der Waals surface area contributed by atoms with Crippen molar-refractivity contribution in [2.75, 3.05) is 18.6 Å². The van der Waals surface area contributed by atoms with Crippen LogP contribution in [0.3, 0.4) is 0 Å². The summed E-state index contributed by atoms with van der Waals surface area (Å²) in [6, 6.07) is 18.8. The zero-order chi connectivity index (χ0) is 26.7. The number of carbonyl (C=O) groups is 1. The molecule has 0 aliphatic carbocycles. The lowest BCUT2D eigenvalue weighted by atomic mass is 10.1. The highest BCUT2D eigenvalue weighted by Gasteiger charge is 2.33. The Morgan fingerprint density at radius 1 is 1.13 bits per heavy atom. The van der Waals surface area contributed by atoms with Gasteiger partial charge in [-0.1, -0.05) is 53.8 Å². The number of aromatic nitrogens is 2. The number of hydrogen-bond acceptors (Lipinski definition) is 7. The first-order valence-electron chi connectivity index (χ1n) is 12.7. The number of thiazole rings is 1. The molecule has 38 heavy (non-hydrogen) atoms. The number of fused-ring (bicyclic) bond motifs is 1. The molecular formula is C29H31FN4O3S. The first-order chi connectivity index (χ1) is 18.3. The summed E-state index contributed by atoms with van der Waals surface area (Å²) in [6.45, 7) is 4.41. The van der Waals surface area contributed by atoms with Gasteiger partial charge in [0.1, 0.15) is 29.6 Å². The van der Waals surface area contributed by atoms with Crippen LogP contribution in [0.25, 0.3) is 10.2 Å². The van der Waals surface area contributed by atoms with Crippen LogP contribution in [-0.4, -0.2) is 35.6 Å². The summed E-state index contributed by atoms with van der Waals surface area (Å²) in [6.07, 6.45) is 1.64. The highest BCUT2D eigenvalue weighted by Crippen LogP contribution is 2.39. The third kappa shape index (κ3) is 5.72. The summed E-state index contributed by atoms with van der Waals surface area (Å²) in [4.78, 5) is 24.5. The molecule has 198 valence electrons. The molecule has 1 atom stereocenters. The van der Waals surface area contributed by atoms with Crippen LogP contribution in [-0.2, 0) is 23.6 Å². The van der Waals surface area contributed by atoms with Gasteiger partial charge in [-0.25, -0.2) is 14.4 Å². The van der Waals surface area contributed by atoms with E-state index in [4.69, 9.17) is 14.5 Å². The molecular weight excluding hydrogens is 503 g/mol. The van der Waals surface area contributed by atoms with Crippen molar-refractivity contribution in [2.24, 2.45) is 0 Å². The van der Waals surface area contributed by atoms with Gasteiger partial charge < -0.3 is 19.7 Å². The van der Waals surface area contributed by atoms with Crippen LogP contribution in [0.1, 0.15) is 43.5 Å². The van der Waals surface area contributed by atoms with Gasteiger partial charge >= 0.3 is 0 Å². The van der Waals surface area contributed by atoms with Gasteiger partial charge in [-0.2, -0.15) is 0 Å². The highest BCUT2D eigenvalue weighted by atomic mass is 32.1. The minimum atomic E-state index is -1.65. The Bertz CT molecular complexity index is 1400. The molecule has 1 saturated heterocycles. The summed E-state index contributed by atoms with van der Waals surface area (Å²) < 4.78 is 27.0. The molecule has 1 amide bonds. The number of methoxy groups -OCH3 is 1. The normalized spacial score (nSPS) is 15.6. The molecule has 0 unspecified atom stereocenters. The summed E-state index contributed by atoms with van der Waals surface area (Å²) >= 11 is 1.43. The Balaban J connectivity index is 1.39. The van der Waals surface area contributed by atoms with E-state index in [1.807, 2.05) is 59.5 Å². The molecule has 1 aliphatic rings. The van der Waals surface area contributed by atoms with Crippen molar-refractivity contribution in [3.05, 3.63) is 77.5 Å². The van der Waals surface area contributed by atoms with E-state index in [1.165, 1.54) is 25.2 Å². The molecule has 1 aliphatic heterocycles. The number of pyridine rings is 1. The van der Waals surface area contributed by atoms with Crippen molar-refractivity contribution < 1.29 is 18.7 Å². The van der Waals surface area contributed by atoms with E-state index in [2.05, 4.69) is 10.3 Å². The zero-order valence-electron chi connectivity index (χ0n) is 21.7. The highest BCUT2D eigenvalue weighted by molar-refractivity contribution is 7.22. The van der Waals surface area contributed by atoms with E-state index in [0.717, 1.165) is 41.0 Å². The lowest BCUT2D eigenvalue weighted by Crippen LogP contribution is -2.43. The van der Waals surface area contributed by atoms with E-state index < -0.39 is 5.67 Å². The zero-order valence-corrected chi connectivity index (χ0v) is 22.6. The van der Waals surface area contributed by atoms with E-state index in [-0.39, 0.29) is 30.1 Å². The first-order valence-corrected chi connectivity index (χ1v) is 13.5. The molecule has 1 N–H and O–H groups in total. The van der Waals surface area contributed by atoms with Gasteiger partial charge in [0.05, 0.1) is 17.5 Å². The van der Waals surface area contributed by atoms with Gasteiger partial charge in [-0.05, 0) is 56.0 Å². The molecule has 0 bridgehead atoms. The number of anilines is 1. The van der Waals surface area contributed by atoms with Crippen LogP contribution in [0, 0.1) is 0 Å². The minimum Gasteiger partial charge on any atom is -0.497 e. The molecule has 5 rings (SSSR count). The summed E-state index contributed by atoms with van der Waals surface area (Å²) in [5.41, 5.74) is 1.18. The van der Waals surface area contributed by atoms with Gasteiger partial charge in [0.15, 0.2) is 5.13 Å². The van der Waals surface area contributed by atoms with Gasteiger partial charge in [0.25, 0.3) is 0 Å². The van der Waals surface area contributed by atoms with Gasteiger partial charge in [0, 0.05) is 13.1 Å². The van der Waals surface area contributed by atoms with Gasteiger partial charge in [0.2, 0.25) is 11.8 Å². The summed E-state index contributed by atoms with van der Waals surface area (Å²) in [5.74, 6) is 1.02.